The summed E-state index contributed by atoms with van der Waals surface area (Å²) in [7, 11) is 0. The molecule has 5 nitrogen and oxygen atoms in total. The first-order chi connectivity index (χ1) is 8.35. The van der Waals surface area contributed by atoms with E-state index in [1.54, 1.807) is 4.68 Å². The molecule has 86 valence electrons. The Balaban J connectivity index is 2.31. The van der Waals surface area contributed by atoms with E-state index in [1.165, 1.54) is 0 Å². The van der Waals surface area contributed by atoms with E-state index in [1.807, 2.05) is 36.4 Å². The third-order valence-electron chi connectivity index (χ3n) is 2.47. The van der Waals surface area contributed by atoms with Gasteiger partial charge in [-0.2, -0.15) is 5.26 Å². The minimum Gasteiger partial charge on any atom is -0.394 e. The summed E-state index contributed by atoms with van der Waals surface area (Å²) in [5.41, 5.74) is 2.15. The van der Waals surface area contributed by atoms with Gasteiger partial charge in [-0.1, -0.05) is 35.5 Å². The van der Waals surface area contributed by atoms with Crippen LogP contribution in [0.4, 0.5) is 0 Å². The van der Waals surface area contributed by atoms with Crippen LogP contribution in [0.25, 0.3) is 0 Å². The van der Waals surface area contributed by atoms with Crippen molar-refractivity contribution in [2.75, 3.05) is 6.61 Å². The summed E-state index contributed by atoms with van der Waals surface area (Å²) in [5, 5.41) is 25.5. The first-order valence-corrected chi connectivity index (χ1v) is 5.32. The van der Waals surface area contributed by atoms with Gasteiger partial charge in [0.1, 0.15) is 6.07 Å². The first kappa shape index (κ1) is 11.3. The molecule has 0 fully saturated rings. The molecule has 0 unspecified atom stereocenters. The largest absolute Gasteiger partial charge is 0.394 e. The monoisotopic (exact) mass is 228 g/mol. The lowest BCUT2D eigenvalue weighted by atomic mass is 10.1. The molecule has 2 aromatic rings. The number of hydrogen-bond donors (Lipinski definition) is 1. The van der Waals surface area contributed by atoms with Crippen molar-refractivity contribution in [3.8, 4) is 6.07 Å². The molecule has 0 aliphatic carbocycles. The van der Waals surface area contributed by atoms with Crippen LogP contribution in [-0.4, -0.2) is 26.7 Å². The number of hydrogen-bond acceptors (Lipinski definition) is 4. The Morgan fingerprint density at radius 2 is 2.06 bits per heavy atom. The van der Waals surface area contributed by atoms with Crippen LogP contribution in [-0.2, 0) is 13.0 Å². The van der Waals surface area contributed by atoms with Crippen molar-refractivity contribution >= 4 is 0 Å². The van der Waals surface area contributed by atoms with Gasteiger partial charge in [-0.3, -0.25) is 0 Å². The van der Waals surface area contributed by atoms with E-state index in [0.29, 0.717) is 18.7 Å². The van der Waals surface area contributed by atoms with Gasteiger partial charge in [-0.25, -0.2) is 4.68 Å². The standard InChI is InChI=1S/C12H12N4O/c13-9-11-12(16(6-7-17)15-14-11)8-10-4-2-1-3-5-10/h1-5,17H,6-8H2. The van der Waals surface area contributed by atoms with Crippen LogP contribution in [0, 0.1) is 11.3 Å². The quantitative estimate of drug-likeness (QED) is 0.837. The Morgan fingerprint density at radius 3 is 2.71 bits per heavy atom. The number of aromatic nitrogens is 3. The Hall–Kier alpha value is -2.19. The molecular weight excluding hydrogens is 216 g/mol. The van der Waals surface area contributed by atoms with Crippen molar-refractivity contribution < 1.29 is 5.11 Å². The molecule has 1 aromatic heterocycles. The highest BCUT2D eigenvalue weighted by molar-refractivity contribution is 5.30. The van der Waals surface area contributed by atoms with Crippen LogP contribution < -0.4 is 0 Å². The van der Waals surface area contributed by atoms with Gasteiger partial charge in [0, 0.05) is 6.42 Å². The number of rotatable bonds is 4. The van der Waals surface area contributed by atoms with Crippen molar-refractivity contribution in [1.29, 1.82) is 5.26 Å². The fourth-order valence-corrected chi connectivity index (χ4v) is 1.66. The maximum absolute atomic E-state index is 8.95. The molecule has 0 saturated carbocycles. The molecule has 17 heavy (non-hydrogen) atoms. The van der Waals surface area contributed by atoms with E-state index in [-0.39, 0.29) is 6.61 Å². The van der Waals surface area contributed by atoms with Crippen molar-refractivity contribution in [2.24, 2.45) is 0 Å². The molecule has 0 atom stereocenters. The van der Waals surface area contributed by atoms with Crippen molar-refractivity contribution in [3.05, 3.63) is 47.3 Å². The summed E-state index contributed by atoms with van der Waals surface area (Å²) in [6, 6.07) is 11.8. The Kier molecular flexibility index (Phi) is 3.48. The van der Waals surface area contributed by atoms with Gasteiger partial charge in [0.15, 0.2) is 5.69 Å². The molecule has 1 heterocycles. The second kappa shape index (κ2) is 5.23. The summed E-state index contributed by atoms with van der Waals surface area (Å²) >= 11 is 0. The van der Waals surface area contributed by atoms with E-state index in [9.17, 15) is 0 Å². The third kappa shape index (κ3) is 2.49. The zero-order chi connectivity index (χ0) is 12.1. The van der Waals surface area contributed by atoms with Gasteiger partial charge in [0.25, 0.3) is 0 Å². The van der Waals surface area contributed by atoms with Crippen LogP contribution in [0.1, 0.15) is 17.0 Å². The van der Waals surface area contributed by atoms with Crippen molar-refractivity contribution in [2.45, 2.75) is 13.0 Å². The van der Waals surface area contributed by atoms with Gasteiger partial charge < -0.3 is 5.11 Å². The molecule has 0 saturated heterocycles. The van der Waals surface area contributed by atoms with Crippen LogP contribution in [0.2, 0.25) is 0 Å². The van der Waals surface area contributed by atoms with E-state index in [0.717, 1.165) is 11.3 Å². The van der Waals surface area contributed by atoms with Crippen molar-refractivity contribution in [3.63, 3.8) is 0 Å². The maximum atomic E-state index is 8.95. The summed E-state index contributed by atoms with van der Waals surface area (Å²) in [6.45, 7) is 0.340. The topological polar surface area (TPSA) is 74.7 Å². The van der Waals surface area contributed by atoms with Gasteiger partial charge >= 0.3 is 0 Å². The average Bonchev–Trinajstić information content (AvgIpc) is 2.74. The molecule has 0 aliphatic heterocycles. The average molecular weight is 228 g/mol. The highest BCUT2D eigenvalue weighted by atomic mass is 16.3. The van der Waals surface area contributed by atoms with Crippen LogP contribution in [0.15, 0.2) is 30.3 Å². The second-order valence-corrected chi connectivity index (χ2v) is 3.61. The van der Waals surface area contributed by atoms with Crippen LogP contribution in [0.3, 0.4) is 0 Å². The highest BCUT2D eigenvalue weighted by Crippen LogP contribution is 2.11. The molecule has 0 spiro atoms. The number of benzene rings is 1. The molecule has 5 heteroatoms. The van der Waals surface area contributed by atoms with Crippen molar-refractivity contribution in [1.82, 2.24) is 15.0 Å². The molecule has 1 N–H and O–H groups in total. The Bertz CT molecular complexity index is 527. The van der Waals surface area contributed by atoms with E-state index in [4.69, 9.17) is 10.4 Å². The predicted molar refractivity (Wildman–Crippen MR) is 61.1 cm³/mol. The summed E-state index contributed by atoms with van der Waals surface area (Å²) < 4.78 is 1.57. The minimum absolute atomic E-state index is 0.0178. The Morgan fingerprint density at radius 1 is 1.29 bits per heavy atom. The second-order valence-electron chi connectivity index (χ2n) is 3.61. The third-order valence-corrected chi connectivity index (χ3v) is 2.47. The molecular formula is C12H12N4O. The molecule has 0 aliphatic rings. The maximum Gasteiger partial charge on any atom is 0.186 e. The van der Waals surface area contributed by atoms with Gasteiger partial charge in [-0.05, 0) is 5.56 Å². The van der Waals surface area contributed by atoms with Gasteiger partial charge in [0.05, 0.1) is 18.8 Å². The molecule has 0 radical (unpaired) electrons. The first-order valence-electron chi connectivity index (χ1n) is 5.32. The molecule has 0 amide bonds. The van der Waals surface area contributed by atoms with E-state index >= 15 is 0 Å². The van der Waals surface area contributed by atoms with E-state index < -0.39 is 0 Å². The summed E-state index contributed by atoms with van der Waals surface area (Å²) in [4.78, 5) is 0. The zero-order valence-corrected chi connectivity index (χ0v) is 9.24. The fraction of sp³-hybridized carbons (Fsp3) is 0.250. The zero-order valence-electron chi connectivity index (χ0n) is 9.24. The lowest BCUT2D eigenvalue weighted by Crippen LogP contribution is -2.09. The van der Waals surface area contributed by atoms with Gasteiger partial charge in [0.2, 0.25) is 0 Å². The molecule has 2 rings (SSSR count). The van der Waals surface area contributed by atoms with E-state index in [2.05, 4.69) is 10.3 Å². The predicted octanol–water partition coefficient (Wildman–Crippen LogP) is 0.733. The fourth-order valence-electron chi connectivity index (χ4n) is 1.66. The SMILES string of the molecule is N#Cc1nnn(CCO)c1Cc1ccccc1. The van der Waals surface area contributed by atoms with Crippen LogP contribution >= 0.6 is 0 Å². The summed E-state index contributed by atoms with van der Waals surface area (Å²) in [5.74, 6) is 0. The number of nitriles is 1. The molecule has 0 bridgehead atoms. The lowest BCUT2D eigenvalue weighted by Gasteiger charge is -2.04. The Labute approximate surface area is 98.9 Å². The normalized spacial score (nSPS) is 10.1. The highest BCUT2D eigenvalue weighted by Gasteiger charge is 2.12. The number of aliphatic hydroxyl groups excluding tert-OH is 1. The minimum atomic E-state index is -0.0178. The summed E-state index contributed by atoms with van der Waals surface area (Å²) in [6.07, 6.45) is 0.594. The number of aliphatic hydroxyl groups is 1. The number of nitrogens with zero attached hydrogens (tertiary/aromatic N) is 4. The van der Waals surface area contributed by atoms with Gasteiger partial charge in [-0.15, -0.1) is 5.10 Å². The lowest BCUT2D eigenvalue weighted by molar-refractivity contribution is 0.266. The smallest absolute Gasteiger partial charge is 0.186 e. The van der Waals surface area contributed by atoms with Crippen LogP contribution in [0.5, 0.6) is 0 Å². The molecule has 1 aromatic carbocycles.